The Labute approximate surface area is 194 Å². The fourth-order valence-corrected chi connectivity index (χ4v) is 5.87. The Hall–Kier alpha value is -1.85. The van der Waals surface area contributed by atoms with E-state index in [1.807, 2.05) is 22.8 Å². The molecule has 0 unspecified atom stereocenters. The van der Waals surface area contributed by atoms with Gasteiger partial charge in [0.15, 0.2) is 4.80 Å². The number of carbonyl (C=O) groups excluding carboxylic acids is 1. The normalized spacial score (nSPS) is 12.9. The van der Waals surface area contributed by atoms with Gasteiger partial charge in [0.1, 0.15) is 0 Å². The van der Waals surface area contributed by atoms with Crippen LogP contribution < -0.4 is 4.80 Å². The summed E-state index contributed by atoms with van der Waals surface area (Å²) in [4.78, 5) is 17.8. The molecule has 0 bridgehead atoms. The summed E-state index contributed by atoms with van der Waals surface area (Å²) in [7, 11) is -0.447. The molecule has 3 aromatic rings. The summed E-state index contributed by atoms with van der Waals surface area (Å²) in [5, 5.41) is 0. The molecule has 7 nitrogen and oxygen atoms in total. The number of amides is 1. The molecule has 0 fully saturated rings. The number of ether oxygens (including phenoxy) is 1. The van der Waals surface area contributed by atoms with Crippen LogP contribution in [-0.2, 0) is 21.3 Å². The fourth-order valence-electron chi connectivity index (χ4n) is 2.90. The number of halogens is 1. The number of rotatable bonds is 7. The summed E-state index contributed by atoms with van der Waals surface area (Å²) >= 11 is 4.88. The molecule has 0 aliphatic carbocycles. The summed E-state index contributed by atoms with van der Waals surface area (Å²) < 4.78 is 35.6. The van der Waals surface area contributed by atoms with Crippen molar-refractivity contribution in [1.29, 1.82) is 0 Å². The smallest absolute Gasteiger partial charge is 0.279 e. The van der Waals surface area contributed by atoms with E-state index in [4.69, 9.17) is 4.74 Å². The third kappa shape index (κ3) is 5.15. The van der Waals surface area contributed by atoms with Crippen LogP contribution in [0.15, 0.2) is 56.8 Å². The number of hydrogen-bond donors (Lipinski definition) is 0. The van der Waals surface area contributed by atoms with Gasteiger partial charge in [0, 0.05) is 36.8 Å². The second kappa shape index (κ2) is 9.74. The number of benzene rings is 2. The van der Waals surface area contributed by atoms with Crippen molar-refractivity contribution in [2.45, 2.75) is 31.3 Å². The van der Waals surface area contributed by atoms with Crippen molar-refractivity contribution in [2.24, 2.45) is 4.99 Å². The number of carbonyl (C=O) groups is 1. The molecule has 10 heteroatoms. The minimum absolute atomic E-state index is 0.141. The highest BCUT2D eigenvalue weighted by molar-refractivity contribution is 9.10. The average Bonchev–Trinajstić information content (AvgIpc) is 3.07. The first-order chi connectivity index (χ1) is 14.6. The second-order valence-corrected chi connectivity index (χ2v) is 11.1. The van der Waals surface area contributed by atoms with Crippen LogP contribution in [0.4, 0.5) is 0 Å². The van der Waals surface area contributed by atoms with Crippen LogP contribution in [0.2, 0.25) is 0 Å². The second-order valence-electron chi connectivity index (χ2n) is 7.20. The van der Waals surface area contributed by atoms with Gasteiger partial charge in [-0.15, -0.1) is 0 Å². The van der Waals surface area contributed by atoms with E-state index in [1.54, 1.807) is 21.0 Å². The van der Waals surface area contributed by atoms with E-state index >= 15 is 0 Å². The number of aromatic nitrogens is 1. The highest BCUT2D eigenvalue weighted by Gasteiger charge is 2.23. The van der Waals surface area contributed by atoms with Crippen molar-refractivity contribution >= 4 is 53.4 Å². The Bertz CT molecular complexity index is 1260. The van der Waals surface area contributed by atoms with Gasteiger partial charge in [-0.3, -0.25) is 4.79 Å². The maximum Gasteiger partial charge on any atom is 0.279 e. The maximum atomic E-state index is 12.8. The molecule has 3 rings (SSSR count). The molecule has 0 spiro atoms. The molecular weight excluding hydrogens is 502 g/mol. The molecule has 0 aliphatic heterocycles. The summed E-state index contributed by atoms with van der Waals surface area (Å²) in [5.74, 6) is -0.432. The minimum Gasteiger partial charge on any atom is -0.383 e. The molecule has 0 aliphatic rings. The quantitative estimate of drug-likeness (QED) is 0.468. The van der Waals surface area contributed by atoms with E-state index in [2.05, 4.69) is 20.9 Å². The molecular formula is C21H24BrN3O4S2. The summed E-state index contributed by atoms with van der Waals surface area (Å²) in [6.45, 7) is 4.65. The van der Waals surface area contributed by atoms with Gasteiger partial charge >= 0.3 is 0 Å². The lowest BCUT2D eigenvalue weighted by atomic mass is 10.2. The van der Waals surface area contributed by atoms with Crippen molar-refractivity contribution in [1.82, 2.24) is 8.87 Å². The predicted molar refractivity (Wildman–Crippen MR) is 126 cm³/mol. The van der Waals surface area contributed by atoms with Crippen molar-refractivity contribution in [2.75, 3.05) is 20.8 Å². The molecule has 0 saturated carbocycles. The van der Waals surface area contributed by atoms with E-state index in [0.717, 1.165) is 14.7 Å². The number of thiazole rings is 1. The standard InChI is InChI=1S/C21H24BrN3O4S2/c1-14(2)24(3)31(27,28)17-8-5-15(6-9-17)20(26)23-21-25(11-12-29-4)18-10-7-16(22)13-19(18)30-21/h5-10,13-14H,11-12H2,1-4H3. The number of nitrogens with zero attached hydrogens (tertiary/aromatic N) is 3. The van der Waals surface area contributed by atoms with Gasteiger partial charge in [0.2, 0.25) is 10.0 Å². The first-order valence-corrected chi connectivity index (χ1v) is 12.6. The van der Waals surface area contributed by atoms with E-state index in [1.165, 1.54) is 47.0 Å². The molecule has 1 amide bonds. The van der Waals surface area contributed by atoms with Crippen LogP contribution >= 0.6 is 27.3 Å². The number of sulfonamides is 1. The third-order valence-electron chi connectivity index (χ3n) is 4.87. The summed E-state index contributed by atoms with van der Waals surface area (Å²) in [6.07, 6.45) is 0. The molecule has 1 aromatic heterocycles. The highest BCUT2D eigenvalue weighted by Crippen LogP contribution is 2.22. The van der Waals surface area contributed by atoms with Crippen LogP contribution in [0.1, 0.15) is 24.2 Å². The molecule has 1 heterocycles. The lowest BCUT2D eigenvalue weighted by Crippen LogP contribution is -2.33. The Morgan fingerprint density at radius 3 is 2.52 bits per heavy atom. The molecule has 2 aromatic carbocycles. The zero-order chi connectivity index (χ0) is 22.8. The van der Waals surface area contributed by atoms with Crippen LogP contribution in [0.25, 0.3) is 10.2 Å². The summed E-state index contributed by atoms with van der Waals surface area (Å²) in [5.41, 5.74) is 1.29. The maximum absolute atomic E-state index is 12.8. The van der Waals surface area contributed by atoms with Crippen LogP contribution in [0.3, 0.4) is 0 Å². The molecule has 0 atom stereocenters. The predicted octanol–water partition coefficient (Wildman–Crippen LogP) is 3.88. The van der Waals surface area contributed by atoms with Crippen molar-refractivity contribution < 1.29 is 17.9 Å². The van der Waals surface area contributed by atoms with E-state index < -0.39 is 15.9 Å². The Morgan fingerprint density at radius 1 is 1.23 bits per heavy atom. The zero-order valence-electron chi connectivity index (χ0n) is 17.7. The van der Waals surface area contributed by atoms with Gasteiger partial charge in [-0.2, -0.15) is 9.30 Å². The fraction of sp³-hybridized carbons (Fsp3) is 0.333. The largest absolute Gasteiger partial charge is 0.383 e. The zero-order valence-corrected chi connectivity index (χ0v) is 20.9. The van der Waals surface area contributed by atoms with Crippen molar-refractivity contribution in [3.8, 4) is 0 Å². The topological polar surface area (TPSA) is 81.0 Å². The first-order valence-electron chi connectivity index (χ1n) is 9.60. The van der Waals surface area contributed by atoms with Gasteiger partial charge in [0.05, 0.1) is 21.7 Å². The molecule has 0 radical (unpaired) electrons. The van der Waals surface area contributed by atoms with Gasteiger partial charge < -0.3 is 9.30 Å². The lowest BCUT2D eigenvalue weighted by Gasteiger charge is -2.20. The molecule has 166 valence electrons. The van der Waals surface area contributed by atoms with Gasteiger partial charge in [-0.25, -0.2) is 8.42 Å². The Balaban J connectivity index is 1.98. The number of methoxy groups -OCH3 is 1. The SMILES string of the molecule is COCCn1c(=NC(=O)c2ccc(S(=O)(=O)N(C)C(C)C)cc2)sc2cc(Br)ccc21. The Kier molecular flexibility index (Phi) is 7.48. The van der Waals surface area contributed by atoms with E-state index in [-0.39, 0.29) is 10.9 Å². The highest BCUT2D eigenvalue weighted by atomic mass is 79.9. The van der Waals surface area contributed by atoms with Crippen molar-refractivity contribution in [3.05, 3.63) is 57.3 Å². The van der Waals surface area contributed by atoms with Crippen LogP contribution in [-0.4, -0.2) is 50.0 Å². The number of hydrogen-bond acceptors (Lipinski definition) is 5. The van der Waals surface area contributed by atoms with Crippen LogP contribution in [0, 0.1) is 0 Å². The van der Waals surface area contributed by atoms with E-state index in [0.29, 0.717) is 23.5 Å². The van der Waals surface area contributed by atoms with Gasteiger partial charge in [-0.05, 0) is 56.3 Å². The third-order valence-corrected chi connectivity index (χ3v) is 8.45. The van der Waals surface area contributed by atoms with Gasteiger partial charge in [0.25, 0.3) is 5.91 Å². The minimum atomic E-state index is -3.61. The van der Waals surface area contributed by atoms with Crippen molar-refractivity contribution in [3.63, 3.8) is 0 Å². The monoisotopic (exact) mass is 525 g/mol. The number of fused-ring (bicyclic) bond motifs is 1. The van der Waals surface area contributed by atoms with Gasteiger partial charge in [-0.1, -0.05) is 27.3 Å². The van der Waals surface area contributed by atoms with Crippen LogP contribution in [0.5, 0.6) is 0 Å². The summed E-state index contributed by atoms with van der Waals surface area (Å²) in [6, 6.07) is 11.6. The Morgan fingerprint density at radius 2 is 1.90 bits per heavy atom. The lowest BCUT2D eigenvalue weighted by molar-refractivity contribution is 0.0997. The molecule has 31 heavy (non-hydrogen) atoms. The molecule has 0 saturated heterocycles. The molecule has 0 N–H and O–H groups in total. The van der Waals surface area contributed by atoms with E-state index in [9.17, 15) is 13.2 Å². The average molecular weight is 526 g/mol. The first kappa shape index (κ1) is 23.8.